The van der Waals surface area contributed by atoms with Crippen LogP contribution in [0.3, 0.4) is 0 Å². The average Bonchev–Trinajstić information content (AvgIpc) is 3.11. The molecule has 142 valence electrons. The van der Waals surface area contributed by atoms with E-state index in [-0.39, 0.29) is 12.0 Å². The lowest BCUT2D eigenvalue weighted by atomic mass is 9.91. The Morgan fingerprint density at radius 3 is 2.07 bits per heavy atom. The van der Waals surface area contributed by atoms with E-state index in [2.05, 4.69) is 69.3 Å². The summed E-state index contributed by atoms with van der Waals surface area (Å²) in [6, 6.07) is 17.5. The summed E-state index contributed by atoms with van der Waals surface area (Å²) < 4.78 is 6.63. The minimum Gasteiger partial charge on any atom is -0.340 e. The van der Waals surface area contributed by atoms with E-state index >= 15 is 0 Å². The summed E-state index contributed by atoms with van der Waals surface area (Å²) in [5, 5.41) is 0. The first-order valence-electron chi connectivity index (χ1n) is 10.2. The maximum atomic E-state index is 6.63. The summed E-state index contributed by atoms with van der Waals surface area (Å²) in [7, 11) is 0. The summed E-state index contributed by atoms with van der Waals surface area (Å²) in [6.07, 6.45) is 4.19. The number of ether oxygens (including phenoxy) is 1. The molecule has 1 heterocycles. The second-order valence-electron chi connectivity index (χ2n) is 8.71. The number of hydrogen-bond donors (Lipinski definition) is 0. The highest BCUT2D eigenvalue weighted by Crippen LogP contribution is 2.67. The first-order valence-corrected chi connectivity index (χ1v) is 10.2. The van der Waals surface area contributed by atoms with Crippen LogP contribution in [-0.4, -0.2) is 11.9 Å². The Labute approximate surface area is 161 Å². The third kappa shape index (κ3) is 2.67. The van der Waals surface area contributed by atoms with Crippen LogP contribution in [0, 0.1) is 19.8 Å². The van der Waals surface area contributed by atoms with Crippen LogP contribution in [0.4, 0.5) is 0 Å². The van der Waals surface area contributed by atoms with Crippen molar-refractivity contribution in [3.8, 4) is 0 Å². The Kier molecular flexibility index (Phi) is 3.98. The summed E-state index contributed by atoms with van der Waals surface area (Å²) in [5.74, 6) is 0.0561. The second kappa shape index (κ2) is 6.16. The van der Waals surface area contributed by atoms with Gasteiger partial charge in [0.1, 0.15) is 6.10 Å². The van der Waals surface area contributed by atoms with E-state index in [1.165, 1.54) is 16.7 Å². The predicted octanol–water partition coefficient (Wildman–Crippen LogP) is 5.55. The zero-order chi connectivity index (χ0) is 18.6. The van der Waals surface area contributed by atoms with E-state index in [1.54, 1.807) is 0 Å². The third-order valence-electron chi connectivity index (χ3n) is 6.82. The van der Waals surface area contributed by atoms with Gasteiger partial charge < -0.3 is 4.74 Å². The molecule has 1 saturated heterocycles. The predicted molar refractivity (Wildman–Crippen MR) is 104 cm³/mol. The highest BCUT2D eigenvalue weighted by atomic mass is 17.3. The summed E-state index contributed by atoms with van der Waals surface area (Å²) in [6.45, 7) is 6.53. The van der Waals surface area contributed by atoms with Crippen molar-refractivity contribution in [3.63, 3.8) is 0 Å². The molecule has 4 atom stereocenters. The lowest BCUT2D eigenvalue weighted by Gasteiger charge is -2.35. The molecule has 0 N–H and O–H groups in total. The van der Waals surface area contributed by atoms with Crippen molar-refractivity contribution in [2.45, 2.75) is 69.9 Å². The molecular weight excluding hydrogens is 336 g/mol. The molecule has 2 unspecified atom stereocenters. The molecule has 1 aliphatic heterocycles. The fourth-order valence-electron chi connectivity index (χ4n) is 5.06. The maximum absolute atomic E-state index is 6.63. The maximum Gasteiger partial charge on any atom is 0.202 e. The normalized spacial score (nSPS) is 32.3. The molecule has 3 heteroatoms. The van der Waals surface area contributed by atoms with Crippen LogP contribution in [0.1, 0.15) is 60.8 Å². The Morgan fingerprint density at radius 1 is 0.852 bits per heavy atom. The highest BCUT2D eigenvalue weighted by Gasteiger charge is 2.76. The first kappa shape index (κ1) is 17.4. The van der Waals surface area contributed by atoms with Gasteiger partial charge in [-0.05, 0) is 43.7 Å². The number of benzene rings is 2. The van der Waals surface area contributed by atoms with Crippen molar-refractivity contribution in [3.05, 3.63) is 70.8 Å². The van der Waals surface area contributed by atoms with Crippen molar-refractivity contribution < 1.29 is 14.5 Å². The summed E-state index contributed by atoms with van der Waals surface area (Å²) in [4.78, 5) is 12.2. The summed E-state index contributed by atoms with van der Waals surface area (Å²) in [5.41, 5.74) is 4.54. The quantitative estimate of drug-likeness (QED) is 0.668. The number of aryl methyl sites for hydroxylation is 2. The smallest absolute Gasteiger partial charge is 0.202 e. The monoisotopic (exact) mass is 364 g/mol. The topological polar surface area (TPSA) is 27.7 Å². The first-order chi connectivity index (χ1) is 13.0. The average molecular weight is 364 g/mol. The molecule has 0 aromatic heterocycles. The van der Waals surface area contributed by atoms with E-state index in [9.17, 15) is 0 Å². The molecule has 1 spiro atoms. The van der Waals surface area contributed by atoms with Crippen molar-refractivity contribution in [1.82, 2.24) is 0 Å². The molecule has 0 bridgehead atoms. The van der Waals surface area contributed by atoms with Crippen molar-refractivity contribution in [2.24, 2.45) is 5.92 Å². The van der Waals surface area contributed by atoms with Crippen LogP contribution in [0.2, 0.25) is 0 Å². The molecule has 2 aromatic carbocycles. The van der Waals surface area contributed by atoms with Gasteiger partial charge in [0.15, 0.2) is 5.60 Å². The standard InChI is InChI=1S/C24H28O3/c1-16-6-10-19(11-7-16)18(3)21-22-24(21,20-12-8-17(2)9-13-20)27-26-23(25-22)14-4-5-15-23/h6-13,18,21-22H,4-5,14-15H2,1-3H3/t18?,21?,22-,24+/m0/s1. The molecule has 5 rings (SSSR count). The summed E-state index contributed by atoms with van der Waals surface area (Å²) >= 11 is 0. The van der Waals surface area contributed by atoms with Crippen LogP contribution in [0.15, 0.2) is 48.5 Å². The fourth-order valence-corrected chi connectivity index (χ4v) is 5.06. The Balaban J connectivity index is 1.50. The number of hydrogen-bond acceptors (Lipinski definition) is 3. The Bertz CT molecular complexity index is 820. The van der Waals surface area contributed by atoms with Crippen molar-refractivity contribution in [1.29, 1.82) is 0 Å². The molecule has 3 aliphatic rings. The van der Waals surface area contributed by atoms with E-state index in [0.29, 0.717) is 5.92 Å². The van der Waals surface area contributed by atoms with Crippen molar-refractivity contribution >= 4 is 0 Å². The number of fused-ring (bicyclic) bond motifs is 1. The van der Waals surface area contributed by atoms with Gasteiger partial charge in [-0.2, -0.15) is 0 Å². The Hall–Kier alpha value is -1.68. The second-order valence-corrected chi connectivity index (χ2v) is 8.71. The van der Waals surface area contributed by atoms with Crippen LogP contribution in [0.25, 0.3) is 0 Å². The molecular formula is C24H28O3. The molecule has 3 nitrogen and oxygen atoms in total. The Morgan fingerprint density at radius 2 is 1.44 bits per heavy atom. The van der Waals surface area contributed by atoms with Gasteiger partial charge in [0, 0.05) is 18.8 Å². The van der Waals surface area contributed by atoms with Gasteiger partial charge in [0.05, 0.1) is 0 Å². The highest BCUT2D eigenvalue weighted by molar-refractivity contribution is 5.40. The van der Waals surface area contributed by atoms with Gasteiger partial charge in [-0.15, -0.1) is 0 Å². The van der Waals surface area contributed by atoms with E-state index in [1.807, 2.05) is 0 Å². The van der Waals surface area contributed by atoms with E-state index < -0.39 is 11.4 Å². The third-order valence-corrected chi connectivity index (χ3v) is 6.82. The van der Waals surface area contributed by atoms with Crippen molar-refractivity contribution in [2.75, 3.05) is 0 Å². The van der Waals surface area contributed by atoms with E-state index in [4.69, 9.17) is 14.5 Å². The minimum absolute atomic E-state index is 0.0448. The molecule has 27 heavy (non-hydrogen) atoms. The molecule has 2 aromatic rings. The van der Waals surface area contributed by atoms with Gasteiger partial charge in [0.25, 0.3) is 0 Å². The fraction of sp³-hybridized carbons (Fsp3) is 0.500. The SMILES string of the molecule is Cc1ccc(C(C)C2[C@@H]3OC4(CCCC4)OO[C@]23c2ccc(C)cc2)cc1. The van der Waals surface area contributed by atoms with Crippen LogP contribution in [-0.2, 0) is 20.1 Å². The van der Waals surface area contributed by atoms with Gasteiger partial charge in [-0.1, -0.05) is 66.6 Å². The van der Waals surface area contributed by atoms with Gasteiger partial charge in [-0.25, -0.2) is 9.78 Å². The van der Waals surface area contributed by atoms with Gasteiger partial charge >= 0.3 is 0 Å². The van der Waals surface area contributed by atoms with Crippen LogP contribution >= 0.6 is 0 Å². The lowest BCUT2D eigenvalue weighted by molar-refractivity contribution is -0.491. The number of rotatable bonds is 3. The zero-order valence-electron chi connectivity index (χ0n) is 16.4. The van der Waals surface area contributed by atoms with E-state index in [0.717, 1.165) is 31.2 Å². The minimum atomic E-state index is -0.527. The van der Waals surface area contributed by atoms with Gasteiger partial charge in [0.2, 0.25) is 5.79 Å². The molecule has 0 radical (unpaired) electrons. The van der Waals surface area contributed by atoms with Gasteiger partial charge in [-0.3, -0.25) is 0 Å². The molecule has 2 aliphatic carbocycles. The molecule has 3 fully saturated rings. The lowest BCUT2D eigenvalue weighted by Crippen LogP contribution is -2.42. The largest absolute Gasteiger partial charge is 0.340 e. The molecule has 0 amide bonds. The zero-order valence-corrected chi connectivity index (χ0v) is 16.4. The van der Waals surface area contributed by atoms with Crippen LogP contribution in [0.5, 0.6) is 0 Å². The molecule has 2 saturated carbocycles. The van der Waals surface area contributed by atoms with Crippen LogP contribution < -0.4 is 0 Å².